The van der Waals surface area contributed by atoms with Gasteiger partial charge in [0.05, 0.1) is 0 Å². The third-order valence-electron chi connectivity index (χ3n) is 3.63. The van der Waals surface area contributed by atoms with Crippen molar-refractivity contribution in [2.75, 3.05) is 11.9 Å². The molecule has 2 aromatic rings. The number of aryl methyl sites for hydroxylation is 3. The molecule has 0 saturated heterocycles. The second-order valence-corrected chi connectivity index (χ2v) is 5.12. The van der Waals surface area contributed by atoms with Gasteiger partial charge in [0.1, 0.15) is 5.82 Å². The van der Waals surface area contributed by atoms with Gasteiger partial charge in [0.25, 0.3) is 0 Å². The minimum Gasteiger partial charge on any atom is -0.370 e. The Hall–Kier alpha value is -1.90. The topological polar surface area (TPSA) is 37.8 Å². The van der Waals surface area contributed by atoms with Crippen molar-refractivity contribution in [1.82, 2.24) is 9.97 Å². The van der Waals surface area contributed by atoms with Crippen molar-refractivity contribution in [1.29, 1.82) is 0 Å². The van der Waals surface area contributed by atoms with Crippen molar-refractivity contribution in [3.05, 3.63) is 40.6 Å². The maximum absolute atomic E-state index is 4.77. The van der Waals surface area contributed by atoms with Gasteiger partial charge in [0, 0.05) is 23.4 Å². The van der Waals surface area contributed by atoms with Crippen molar-refractivity contribution < 1.29 is 0 Å². The summed E-state index contributed by atoms with van der Waals surface area (Å²) >= 11 is 0. The number of hydrogen-bond acceptors (Lipinski definition) is 3. The van der Waals surface area contributed by atoms with Gasteiger partial charge in [-0.3, -0.25) is 0 Å². The number of aromatic nitrogens is 2. The fourth-order valence-corrected chi connectivity index (χ4v) is 2.53. The quantitative estimate of drug-likeness (QED) is 0.909. The van der Waals surface area contributed by atoms with E-state index in [1.165, 1.54) is 11.1 Å². The molecule has 0 amide bonds. The summed E-state index contributed by atoms with van der Waals surface area (Å²) in [6.45, 7) is 11.4. The van der Waals surface area contributed by atoms with E-state index in [0.29, 0.717) is 0 Å². The molecule has 0 aliphatic carbocycles. The van der Waals surface area contributed by atoms with E-state index in [1.807, 2.05) is 0 Å². The van der Waals surface area contributed by atoms with E-state index < -0.39 is 0 Å². The molecule has 0 atom stereocenters. The fourth-order valence-electron chi connectivity index (χ4n) is 2.53. The van der Waals surface area contributed by atoms with Crippen LogP contribution in [0.5, 0.6) is 0 Å². The van der Waals surface area contributed by atoms with E-state index in [1.54, 1.807) is 0 Å². The molecule has 106 valence electrons. The molecule has 3 nitrogen and oxygen atoms in total. The Balaban J connectivity index is 2.65. The van der Waals surface area contributed by atoms with Gasteiger partial charge in [0.15, 0.2) is 5.82 Å². The zero-order chi connectivity index (χ0) is 14.7. The van der Waals surface area contributed by atoms with Gasteiger partial charge in [-0.2, -0.15) is 0 Å². The molecular formula is C17H23N3. The Morgan fingerprint density at radius 2 is 1.65 bits per heavy atom. The molecule has 0 aliphatic rings. The van der Waals surface area contributed by atoms with Crippen LogP contribution in [-0.2, 0) is 6.42 Å². The van der Waals surface area contributed by atoms with Crippen molar-refractivity contribution >= 4 is 5.82 Å². The molecule has 20 heavy (non-hydrogen) atoms. The molecule has 0 saturated carbocycles. The molecule has 0 aliphatic heterocycles. The zero-order valence-corrected chi connectivity index (χ0v) is 13.0. The molecule has 0 radical (unpaired) electrons. The predicted octanol–water partition coefficient (Wildman–Crippen LogP) is 4.06. The predicted molar refractivity (Wildman–Crippen MR) is 85.2 cm³/mol. The second kappa shape index (κ2) is 6.04. The van der Waals surface area contributed by atoms with Gasteiger partial charge >= 0.3 is 0 Å². The number of benzene rings is 1. The highest BCUT2D eigenvalue weighted by atomic mass is 15.0. The number of rotatable bonds is 4. The molecule has 0 unspecified atom stereocenters. The van der Waals surface area contributed by atoms with Gasteiger partial charge in [-0.05, 0) is 45.2 Å². The first-order valence-corrected chi connectivity index (χ1v) is 7.26. The van der Waals surface area contributed by atoms with Crippen LogP contribution in [0.3, 0.4) is 0 Å². The van der Waals surface area contributed by atoms with Crippen molar-refractivity contribution in [2.45, 2.75) is 41.0 Å². The van der Waals surface area contributed by atoms with Crippen molar-refractivity contribution in [3.8, 4) is 11.4 Å². The van der Waals surface area contributed by atoms with E-state index in [9.17, 15) is 0 Å². The van der Waals surface area contributed by atoms with Crippen LogP contribution in [-0.4, -0.2) is 16.5 Å². The van der Waals surface area contributed by atoms with Gasteiger partial charge in [-0.15, -0.1) is 0 Å². The Morgan fingerprint density at radius 3 is 2.20 bits per heavy atom. The average molecular weight is 269 g/mol. The standard InChI is InChI=1S/C17H23N3/c1-6-14-13(5)16(18-7-2)20-17(19-14)15-11(3)9-8-10-12(15)4/h8-10H,6-7H2,1-5H3,(H,18,19,20). The summed E-state index contributed by atoms with van der Waals surface area (Å²) in [6.07, 6.45) is 0.921. The van der Waals surface area contributed by atoms with Crippen LogP contribution in [0.1, 0.15) is 36.2 Å². The highest BCUT2D eigenvalue weighted by Gasteiger charge is 2.13. The van der Waals surface area contributed by atoms with Crippen LogP contribution >= 0.6 is 0 Å². The summed E-state index contributed by atoms with van der Waals surface area (Å²) in [5.74, 6) is 1.79. The van der Waals surface area contributed by atoms with Crippen LogP contribution in [0.4, 0.5) is 5.82 Å². The lowest BCUT2D eigenvalue weighted by atomic mass is 10.0. The molecular weight excluding hydrogens is 246 g/mol. The van der Waals surface area contributed by atoms with E-state index >= 15 is 0 Å². The van der Waals surface area contributed by atoms with Gasteiger partial charge in [-0.25, -0.2) is 9.97 Å². The third-order valence-corrected chi connectivity index (χ3v) is 3.63. The van der Waals surface area contributed by atoms with Crippen LogP contribution in [0.15, 0.2) is 18.2 Å². The second-order valence-electron chi connectivity index (χ2n) is 5.12. The minimum atomic E-state index is 0.832. The number of hydrogen-bond donors (Lipinski definition) is 1. The summed E-state index contributed by atoms with van der Waals surface area (Å²) in [5.41, 5.74) is 5.87. The molecule has 0 spiro atoms. The van der Waals surface area contributed by atoms with Gasteiger partial charge in [0.2, 0.25) is 0 Å². The molecule has 3 heteroatoms. The molecule has 0 bridgehead atoms. The SMILES string of the molecule is CCNc1nc(-c2c(C)cccc2C)nc(CC)c1C. The maximum Gasteiger partial charge on any atom is 0.162 e. The van der Waals surface area contributed by atoms with Gasteiger partial charge < -0.3 is 5.32 Å². The lowest BCUT2D eigenvalue weighted by Crippen LogP contribution is -2.08. The Kier molecular flexibility index (Phi) is 4.38. The summed E-state index contributed by atoms with van der Waals surface area (Å²) in [4.78, 5) is 9.51. The lowest BCUT2D eigenvalue weighted by molar-refractivity contribution is 0.968. The van der Waals surface area contributed by atoms with Crippen LogP contribution in [0.2, 0.25) is 0 Å². The van der Waals surface area contributed by atoms with Crippen LogP contribution in [0.25, 0.3) is 11.4 Å². The number of nitrogens with zero attached hydrogens (tertiary/aromatic N) is 2. The fraction of sp³-hybridized carbons (Fsp3) is 0.412. The first kappa shape index (κ1) is 14.5. The molecule has 1 heterocycles. The molecule has 1 aromatic carbocycles. The highest BCUT2D eigenvalue weighted by Crippen LogP contribution is 2.27. The highest BCUT2D eigenvalue weighted by molar-refractivity contribution is 5.66. The lowest BCUT2D eigenvalue weighted by Gasteiger charge is -2.14. The van der Waals surface area contributed by atoms with Crippen molar-refractivity contribution in [3.63, 3.8) is 0 Å². The normalized spacial score (nSPS) is 10.7. The van der Waals surface area contributed by atoms with E-state index in [-0.39, 0.29) is 0 Å². The van der Waals surface area contributed by atoms with Crippen LogP contribution in [0, 0.1) is 20.8 Å². The number of nitrogens with one attached hydrogen (secondary N) is 1. The van der Waals surface area contributed by atoms with E-state index in [4.69, 9.17) is 9.97 Å². The summed E-state index contributed by atoms with van der Waals surface area (Å²) < 4.78 is 0. The maximum atomic E-state index is 4.77. The largest absolute Gasteiger partial charge is 0.370 e. The van der Waals surface area contributed by atoms with Gasteiger partial charge in [-0.1, -0.05) is 25.1 Å². The first-order chi connectivity index (χ1) is 9.58. The van der Waals surface area contributed by atoms with Crippen molar-refractivity contribution in [2.24, 2.45) is 0 Å². The summed E-state index contributed by atoms with van der Waals surface area (Å²) in [6, 6.07) is 6.31. The number of anilines is 1. The first-order valence-electron chi connectivity index (χ1n) is 7.26. The molecule has 1 N–H and O–H groups in total. The summed E-state index contributed by atoms with van der Waals surface area (Å²) in [7, 11) is 0. The monoisotopic (exact) mass is 269 g/mol. The van der Waals surface area contributed by atoms with Crippen LogP contribution < -0.4 is 5.32 Å². The molecule has 2 rings (SSSR count). The smallest absolute Gasteiger partial charge is 0.162 e. The molecule has 1 aromatic heterocycles. The summed E-state index contributed by atoms with van der Waals surface area (Å²) in [5, 5.41) is 3.35. The third kappa shape index (κ3) is 2.67. The Bertz CT molecular complexity index is 598. The molecule has 0 fully saturated rings. The minimum absolute atomic E-state index is 0.832. The average Bonchev–Trinajstić information content (AvgIpc) is 2.42. The van der Waals surface area contributed by atoms with E-state index in [2.05, 4.69) is 58.1 Å². The zero-order valence-electron chi connectivity index (χ0n) is 13.0. The Morgan fingerprint density at radius 1 is 1.00 bits per heavy atom. The van der Waals surface area contributed by atoms with E-state index in [0.717, 1.165) is 41.4 Å². The Labute approximate surface area is 121 Å².